The Bertz CT molecular complexity index is 433. The zero-order valence-electron chi connectivity index (χ0n) is 7.55. The lowest BCUT2D eigenvalue weighted by Crippen LogP contribution is -2.11. The predicted octanol–water partition coefficient (Wildman–Crippen LogP) is -0.143. The fourth-order valence-corrected chi connectivity index (χ4v) is 1.35. The number of aromatic nitrogens is 2. The average Bonchev–Trinajstić information content (AvgIpc) is 1.95. The maximum Gasteiger partial charge on any atom is 0.446 e. The van der Waals surface area contributed by atoms with Gasteiger partial charge in [0.15, 0.2) is 5.82 Å². The normalized spacial score (nSPS) is 11.4. The summed E-state index contributed by atoms with van der Waals surface area (Å²) in [6, 6.07) is 0. The molecule has 0 saturated carbocycles. The molecule has 1 aromatic heterocycles. The molecule has 0 spiro atoms. The lowest BCUT2D eigenvalue weighted by Gasteiger charge is -2.07. The van der Waals surface area contributed by atoms with Crippen molar-refractivity contribution in [3.63, 3.8) is 0 Å². The van der Waals surface area contributed by atoms with E-state index >= 15 is 0 Å². The Morgan fingerprint density at radius 1 is 1.36 bits per heavy atom. The molecular formula is C6H9N3O4S. The van der Waals surface area contributed by atoms with Gasteiger partial charge < -0.3 is 9.92 Å². The standard InChI is InChI=1S/C6H9N3O4S/c1-3-5(13-14(10,11)12)6(7)9-4(2)8-3/h1-2H3,(H2,7,8,9)(H,10,11,12). The van der Waals surface area contributed by atoms with Crippen molar-refractivity contribution >= 4 is 16.2 Å². The molecule has 0 fully saturated rings. The lowest BCUT2D eigenvalue weighted by molar-refractivity contribution is 0.385. The molecule has 0 unspecified atom stereocenters. The second-order valence-corrected chi connectivity index (χ2v) is 3.60. The highest BCUT2D eigenvalue weighted by molar-refractivity contribution is 7.81. The Morgan fingerprint density at radius 3 is 2.36 bits per heavy atom. The molecule has 0 atom stereocenters. The lowest BCUT2D eigenvalue weighted by atomic mass is 10.4. The van der Waals surface area contributed by atoms with Crippen molar-refractivity contribution in [2.45, 2.75) is 13.8 Å². The highest BCUT2D eigenvalue weighted by Gasteiger charge is 2.15. The first-order valence-corrected chi connectivity index (χ1v) is 4.93. The van der Waals surface area contributed by atoms with Crippen LogP contribution in [0.25, 0.3) is 0 Å². The Morgan fingerprint density at radius 2 is 1.93 bits per heavy atom. The van der Waals surface area contributed by atoms with Crippen LogP contribution in [0, 0.1) is 13.8 Å². The van der Waals surface area contributed by atoms with Crippen LogP contribution in [0.2, 0.25) is 0 Å². The molecular weight excluding hydrogens is 210 g/mol. The summed E-state index contributed by atoms with van der Waals surface area (Å²) < 4.78 is 33.4. The van der Waals surface area contributed by atoms with Crippen LogP contribution in [0.5, 0.6) is 5.75 Å². The molecule has 1 heterocycles. The van der Waals surface area contributed by atoms with Gasteiger partial charge in [0.25, 0.3) is 0 Å². The first kappa shape index (κ1) is 10.7. The molecule has 14 heavy (non-hydrogen) atoms. The van der Waals surface area contributed by atoms with Gasteiger partial charge in [0.05, 0.1) is 5.69 Å². The van der Waals surface area contributed by atoms with Gasteiger partial charge >= 0.3 is 10.4 Å². The van der Waals surface area contributed by atoms with Crippen LogP contribution in [0.15, 0.2) is 0 Å². The van der Waals surface area contributed by atoms with Crippen LogP contribution in [0.4, 0.5) is 5.82 Å². The van der Waals surface area contributed by atoms with Crippen LogP contribution in [-0.2, 0) is 10.4 Å². The monoisotopic (exact) mass is 219 g/mol. The number of anilines is 1. The van der Waals surface area contributed by atoms with Crippen LogP contribution in [0.1, 0.15) is 11.5 Å². The number of hydrogen-bond acceptors (Lipinski definition) is 6. The van der Waals surface area contributed by atoms with Gasteiger partial charge in [0.1, 0.15) is 5.82 Å². The van der Waals surface area contributed by atoms with Gasteiger partial charge in [0, 0.05) is 0 Å². The van der Waals surface area contributed by atoms with E-state index < -0.39 is 10.4 Å². The summed E-state index contributed by atoms with van der Waals surface area (Å²) in [7, 11) is -4.60. The summed E-state index contributed by atoms with van der Waals surface area (Å²) in [5, 5.41) is 0. The molecule has 8 heteroatoms. The predicted molar refractivity (Wildman–Crippen MR) is 48.1 cm³/mol. The summed E-state index contributed by atoms with van der Waals surface area (Å²) in [5.74, 6) is 0.00779. The van der Waals surface area contributed by atoms with E-state index in [1.54, 1.807) is 6.92 Å². The molecule has 0 radical (unpaired) electrons. The van der Waals surface area contributed by atoms with Gasteiger partial charge in [-0.05, 0) is 13.8 Å². The summed E-state index contributed by atoms with van der Waals surface area (Å²) >= 11 is 0. The molecule has 0 aliphatic rings. The molecule has 7 nitrogen and oxygen atoms in total. The molecule has 0 aliphatic heterocycles. The Labute approximate surface area is 80.9 Å². The zero-order chi connectivity index (χ0) is 10.9. The van der Waals surface area contributed by atoms with E-state index in [0.29, 0.717) is 5.82 Å². The number of aryl methyl sites for hydroxylation is 2. The highest BCUT2D eigenvalue weighted by Crippen LogP contribution is 2.23. The van der Waals surface area contributed by atoms with Gasteiger partial charge in [-0.15, -0.1) is 0 Å². The van der Waals surface area contributed by atoms with Gasteiger partial charge in [-0.25, -0.2) is 9.97 Å². The summed E-state index contributed by atoms with van der Waals surface area (Å²) in [6.07, 6.45) is 0. The largest absolute Gasteiger partial charge is 0.446 e. The van der Waals surface area contributed by atoms with E-state index in [4.69, 9.17) is 10.3 Å². The summed E-state index contributed by atoms with van der Waals surface area (Å²) in [6.45, 7) is 3.09. The van der Waals surface area contributed by atoms with Crippen molar-refractivity contribution in [2.75, 3.05) is 5.73 Å². The highest BCUT2D eigenvalue weighted by atomic mass is 32.3. The van der Waals surface area contributed by atoms with Crippen molar-refractivity contribution in [1.82, 2.24) is 9.97 Å². The van der Waals surface area contributed by atoms with Gasteiger partial charge in [-0.3, -0.25) is 4.55 Å². The number of nitrogens with two attached hydrogens (primary N) is 1. The Kier molecular flexibility index (Phi) is 2.58. The SMILES string of the molecule is Cc1nc(C)c(OS(=O)(=O)O)c(N)n1. The van der Waals surface area contributed by atoms with Crippen molar-refractivity contribution in [1.29, 1.82) is 0 Å². The third-order valence-corrected chi connectivity index (χ3v) is 1.74. The zero-order valence-corrected chi connectivity index (χ0v) is 8.37. The molecule has 0 aromatic carbocycles. The number of nitrogen functional groups attached to an aromatic ring is 1. The minimum absolute atomic E-state index is 0.132. The molecule has 1 aromatic rings. The molecule has 0 bridgehead atoms. The van der Waals surface area contributed by atoms with Gasteiger partial charge in [0.2, 0.25) is 5.75 Å². The van der Waals surface area contributed by atoms with E-state index in [1.165, 1.54) is 6.92 Å². The molecule has 78 valence electrons. The minimum Gasteiger partial charge on any atom is -0.380 e. The molecule has 0 saturated heterocycles. The minimum atomic E-state index is -4.60. The first-order valence-electron chi connectivity index (χ1n) is 3.57. The molecule has 0 amide bonds. The number of nitrogens with zero attached hydrogens (tertiary/aromatic N) is 2. The maximum absolute atomic E-state index is 10.4. The summed E-state index contributed by atoms with van der Waals surface area (Å²) in [4.78, 5) is 7.51. The van der Waals surface area contributed by atoms with Crippen molar-refractivity contribution < 1.29 is 17.2 Å². The van der Waals surface area contributed by atoms with Gasteiger partial charge in [-0.1, -0.05) is 0 Å². The fraction of sp³-hybridized carbons (Fsp3) is 0.333. The fourth-order valence-electron chi connectivity index (χ4n) is 0.937. The van der Waals surface area contributed by atoms with E-state index in [9.17, 15) is 8.42 Å². The molecule has 0 aliphatic carbocycles. The van der Waals surface area contributed by atoms with Crippen molar-refractivity contribution in [3.05, 3.63) is 11.5 Å². The average molecular weight is 219 g/mol. The smallest absolute Gasteiger partial charge is 0.380 e. The van der Waals surface area contributed by atoms with Crippen LogP contribution < -0.4 is 9.92 Å². The molecule has 1 rings (SSSR count). The number of rotatable bonds is 2. The van der Waals surface area contributed by atoms with Crippen molar-refractivity contribution in [3.8, 4) is 5.75 Å². The van der Waals surface area contributed by atoms with Crippen LogP contribution in [0.3, 0.4) is 0 Å². The summed E-state index contributed by atoms with van der Waals surface area (Å²) in [5.41, 5.74) is 5.62. The van der Waals surface area contributed by atoms with E-state index in [0.717, 1.165) is 0 Å². The second kappa shape index (κ2) is 3.39. The van der Waals surface area contributed by atoms with E-state index in [-0.39, 0.29) is 17.3 Å². The topological polar surface area (TPSA) is 115 Å². The Hall–Kier alpha value is -1.41. The second-order valence-electron chi connectivity index (χ2n) is 2.58. The first-order chi connectivity index (χ1) is 6.29. The number of hydrogen-bond donors (Lipinski definition) is 2. The molecule has 3 N–H and O–H groups in total. The van der Waals surface area contributed by atoms with E-state index in [2.05, 4.69) is 14.2 Å². The van der Waals surface area contributed by atoms with Crippen LogP contribution in [-0.4, -0.2) is 22.9 Å². The quantitative estimate of drug-likeness (QED) is 0.665. The van der Waals surface area contributed by atoms with Crippen LogP contribution >= 0.6 is 0 Å². The maximum atomic E-state index is 10.4. The third-order valence-electron chi connectivity index (χ3n) is 1.36. The van der Waals surface area contributed by atoms with Gasteiger partial charge in [-0.2, -0.15) is 8.42 Å². The third kappa shape index (κ3) is 2.54. The van der Waals surface area contributed by atoms with E-state index in [1.807, 2.05) is 0 Å². The Balaban J connectivity index is 3.22. The van der Waals surface area contributed by atoms with Crippen molar-refractivity contribution in [2.24, 2.45) is 0 Å².